The van der Waals surface area contributed by atoms with Gasteiger partial charge in [-0.05, 0) is 45.7 Å². The number of esters is 1. The monoisotopic (exact) mass is 339 g/mol. The van der Waals surface area contributed by atoms with Crippen molar-refractivity contribution in [2.75, 3.05) is 20.2 Å². The molecule has 0 unspecified atom stereocenters. The van der Waals surface area contributed by atoms with Crippen LogP contribution < -0.4 is 0 Å². The molecule has 1 aliphatic rings. The van der Waals surface area contributed by atoms with Crippen molar-refractivity contribution in [2.24, 2.45) is 5.92 Å². The van der Waals surface area contributed by atoms with Crippen molar-refractivity contribution >= 4 is 12.1 Å². The maximum atomic E-state index is 11.9. The maximum absolute atomic E-state index is 11.9. The molecule has 24 heavy (non-hydrogen) atoms. The molecule has 0 aliphatic carbocycles. The van der Waals surface area contributed by atoms with E-state index in [9.17, 15) is 14.0 Å². The normalized spacial score (nSPS) is 15.1. The topological polar surface area (TPSA) is 55.8 Å². The Morgan fingerprint density at radius 2 is 1.67 bits per heavy atom. The highest BCUT2D eigenvalue weighted by Crippen LogP contribution is 2.20. The number of amides is 1. The molecule has 0 bridgehead atoms. The molecule has 0 aromatic heterocycles. The van der Waals surface area contributed by atoms with Crippen LogP contribution in [0.2, 0.25) is 0 Å². The van der Waals surface area contributed by atoms with Crippen LogP contribution >= 0.6 is 0 Å². The van der Waals surface area contributed by atoms with Gasteiger partial charge in [-0.25, -0.2) is 9.18 Å². The van der Waals surface area contributed by atoms with E-state index in [1.54, 1.807) is 23.1 Å². The van der Waals surface area contributed by atoms with Crippen LogP contribution in [0.1, 0.15) is 33.6 Å². The van der Waals surface area contributed by atoms with Gasteiger partial charge in [-0.2, -0.15) is 0 Å². The van der Waals surface area contributed by atoms with Gasteiger partial charge in [-0.15, -0.1) is 0 Å². The van der Waals surface area contributed by atoms with E-state index in [0.717, 1.165) is 0 Å². The van der Waals surface area contributed by atoms with Gasteiger partial charge in [0, 0.05) is 13.1 Å². The largest absolute Gasteiger partial charge is 0.469 e. The molecule has 5 nitrogen and oxygen atoms in total. The summed E-state index contributed by atoms with van der Waals surface area (Å²) in [6.07, 6.45) is 0.985. The van der Waals surface area contributed by atoms with Gasteiger partial charge in [0.15, 0.2) is 0 Å². The van der Waals surface area contributed by atoms with Crippen LogP contribution in [-0.4, -0.2) is 42.8 Å². The summed E-state index contributed by atoms with van der Waals surface area (Å²) >= 11 is 0. The molecule has 1 aromatic carbocycles. The van der Waals surface area contributed by atoms with Crippen LogP contribution in [0.15, 0.2) is 30.3 Å². The Kier molecular flexibility index (Phi) is 7.68. The van der Waals surface area contributed by atoms with Crippen LogP contribution in [0.5, 0.6) is 0 Å². The molecule has 2 rings (SSSR count). The summed E-state index contributed by atoms with van der Waals surface area (Å²) in [5.41, 5.74) is -0.476. The van der Waals surface area contributed by atoms with E-state index in [4.69, 9.17) is 9.47 Å². The van der Waals surface area contributed by atoms with Gasteiger partial charge in [0.05, 0.1) is 13.0 Å². The van der Waals surface area contributed by atoms with Crippen LogP contribution in [0.25, 0.3) is 0 Å². The molecule has 1 heterocycles. The van der Waals surface area contributed by atoms with Crippen molar-refractivity contribution in [3.8, 4) is 0 Å². The van der Waals surface area contributed by atoms with Crippen LogP contribution in [0.4, 0.5) is 9.18 Å². The van der Waals surface area contributed by atoms with Crippen LogP contribution in [0, 0.1) is 11.7 Å². The van der Waals surface area contributed by atoms with Crippen molar-refractivity contribution in [1.82, 2.24) is 4.90 Å². The van der Waals surface area contributed by atoms with E-state index >= 15 is 0 Å². The molecule has 0 radical (unpaired) electrons. The highest BCUT2D eigenvalue weighted by molar-refractivity contribution is 5.73. The number of benzene rings is 1. The quantitative estimate of drug-likeness (QED) is 0.733. The summed E-state index contributed by atoms with van der Waals surface area (Å²) in [5.74, 6) is -0.449. The third-order valence-electron chi connectivity index (χ3n) is 3.41. The van der Waals surface area contributed by atoms with Gasteiger partial charge >= 0.3 is 12.1 Å². The molecule has 134 valence electrons. The number of ether oxygens (including phenoxy) is 2. The Bertz CT molecular complexity index is 520. The Labute approximate surface area is 142 Å². The van der Waals surface area contributed by atoms with Gasteiger partial charge in [-0.1, -0.05) is 18.2 Å². The lowest BCUT2D eigenvalue weighted by Crippen LogP contribution is -2.43. The molecule has 1 aliphatic heterocycles. The molecular weight excluding hydrogens is 313 g/mol. The second-order valence-corrected chi connectivity index (χ2v) is 6.56. The summed E-state index contributed by atoms with van der Waals surface area (Å²) in [4.78, 5) is 24.7. The zero-order chi connectivity index (χ0) is 18.2. The van der Waals surface area contributed by atoms with Gasteiger partial charge in [0.1, 0.15) is 11.4 Å². The SMILES string of the molecule is COC(=O)C1CCN(C(=O)OC(C)(C)C)CC1.Fc1ccccc1. The number of hydrogen-bond donors (Lipinski definition) is 0. The third-order valence-corrected chi connectivity index (χ3v) is 3.41. The van der Waals surface area contributed by atoms with E-state index in [0.29, 0.717) is 25.9 Å². The number of halogens is 1. The van der Waals surface area contributed by atoms with Gasteiger partial charge < -0.3 is 14.4 Å². The first-order chi connectivity index (χ1) is 11.2. The standard InChI is InChI=1S/C12H21NO4.C6H5F/c1-12(2,3)17-11(15)13-7-5-9(6-8-13)10(14)16-4;7-6-4-2-1-3-5-6/h9H,5-8H2,1-4H3;1-5H. The molecular formula is C18H26FNO4. The summed E-state index contributed by atoms with van der Waals surface area (Å²) in [7, 11) is 1.39. The average molecular weight is 339 g/mol. The number of hydrogen-bond acceptors (Lipinski definition) is 4. The van der Waals surface area contributed by atoms with Crippen molar-refractivity contribution in [2.45, 2.75) is 39.2 Å². The van der Waals surface area contributed by atoms with E-state index < -0.39 is 5.60 Å². The molecule has 0 N–H and O–H groups in total. The fraction of sp³-hybridized carbons (Fsp3) is 0.556. The number of nitrogens with zero attached hydrogens (tertiary/aromatic N) is 1. The van der Waals surface area contributed by atoms with Crippen molar-refractivity contribution in [3.05, 3.63) is 36.1 Å². The smallest absolute Gasteiger partial charge is 0.410 e. The average Bonchev–Trinajstić information content (AvgIpc) is 2.54. The number of methoxy groups -OCH3 is 1. The fourth-order valence-corrected chi connectivity index (χ4v) is 2.21. The van der Waals surface area contributed by atoms with Crippen LogP contribution in [0.3, 0.4) is 0 Å². The Balaban J connectivity index is 0.000000341. The number of rotatable bonds is 1. The molecule has 1 amide bonds. The van der Waals surface area contributed by atoms with Crippen molar-refractivity contribution < 1.29 is 23.5 Å². The Hall–Kier alpha value is -2.11. The first-order valence-corrected chi connectivity index (χ1v) is 7.99. The molecule has 1 fully saturated rings. The van der Waals surface area contributed by atoms with E-state index in [1.165, 1.54) is 19.2 Å². The van der Waals surface area contributed by atoms with Crippen LogP contribution in [-0.2, 0) is 14.3 Å². The second kappa shape index (κ2) is 9.25. The first-order valence-electron chi connectivity index (χ1n) is 7.99. The highest BCUT2D eigenvalue weighted by Gasteiger charge is 2.30. The number of piperidine rings is 1. The predicted octanol–water partition coefficient (Wildman–Crippen LogP) is 3.63. The zero-order valence-electron chi connectivity index (χ0n) is 14.8. The summed E-state index contributed by atoms with van der Waals surface area (Å²) in [6.45, 7) is 6.62. The predicted molar refractivity (Wildman–Crippen MR) is 88.9 cm³/mol. The van der Waals surface area contributed by atoms with Crippen molar-refractivity contribution in [3.63, 3.8) is 0 Å². The number of carbonyl (C=O) groups is 2. The van der Waals surface area contributed by atoms with Gasteiger partial charge in [0.2, 0.25) is 0 Å². The third kappa shape index (κ3) is 7.44. The van der Waals surface area contributed by atoms with Crippen molar-refractivity contribution in [1.29, 1.82) is 0 Å². The van der Waals surface area contributed by atoms with Gasteiger partial charge in [-0.3, -0.25) is 4.79 Å². The minimum absolute atomic E-state index is 0.0845. The fourth-order valence-electron chi connectivity index (χ4n) is 2.21. The minimum Gasteiger partial charge on any atom is -0.469 e. The Morgan fingerprint density at radius 1 is 1.12 bits per heavy atom. The lowest BCUT2D eigenvalue weighted by molar-refractivity contribution is -0.147. The zero-order valence-corrected chi connectivity index (χ0v) is 14.8. The van der Waals surface area contributed by atoms with E-state index in [2.05, 4.69) is 0 Å². The highest BCUT2D eigenvalue weighted by atomic mass is 19.1. The van der Waals surface area contributed by atoms with E-state index in [-0.39, 0.29) is 23.8 Å². The number of carbonyl (C=O) groups excluding carboxylic acids is 2. The molecule has 6 heteroatoms. The second-order valence-electron chi connectivity index (χ2n) is 6.56. The lowest BCUT2D eigenvalue weighted by atomic mass is 9.97. The summed E-state index contributed by atoms with van der Waals surface area (Å²) in [5, 5.41) is 0. The first kappa shape index (κ1) is 19.9. The molecule has 0 saturated carbocycles. The maximum Gasteiger partial charge on any atom is 0.410 e. The molecule has 1 saturated heterocycles. The van der Waals surface area contributed by atoms with E-state index in [1.807, 2.05) is 20.8 Å². The summed E-state index contributed by atoms with van der Waals surface area (Å²) in [6, 6.07) is 7.94. The lowest BCUT2D eigenvalue weighted by Gasteiger charge is -2.32. The minimum atomic E-state index is -0.476. The number of likely N-dealkylation sites (tertiary alicyclic amines) is 1. The Morgan fingerprint density at radius 3 is 2.04 bits per heavy atom. The molecule has 1 aromatic rings. The molecule has 0 spiro atoms. The van der Waals surface area contributed by atoms with Gasteiger partial charge in [0.25, 0.3) is 0 Å². The summed E-state index contributed by atoms with van der Waals surface area (Å²) < 4.78 is 21.9. The molecule has 0 atom stereocenters.